The van der Waals surface area contributed by atoms with Crippen molar-refractivity contribution in [1.29, 1.82) is 0 Å². The van der Waals surface area contributed by atoms with Crippen LogP contribution in [0.15, 0.2) is 41.7 Å². The Bertz CT molecular complexity index is 1490. The van der Waals surface area contributed by atoms with Gasteiger partial charge in [0.2, 0.25) is 5.91 Å². The van der Waals surface area contributed by atoms with Gasteiger partial charge in [0.25, 0.3) is 0 Å². The van der Waals surface area contributed by atoms with Gasteiger partial charge in [-0.15, -0.1) is 0 Å². The summed E-state index contributed by atoms with van der Waals surface area (Å²) in [6.07, 6.45) is 1.27. The number of aromatic nitrogens is 2. The van der Waals surface area contributed by atoms with E-state index >= 15 is 0 Å². The third-order valence-electron chi connectivity index (χ3n) is 7.01. The molecule has 8 nitrogen and oxygen atoms in total. The van der Waals surface area contributed by atoms with E-state index in [9.17, 15) is 23.5 Å². The summed E-state index contributed by atoms with van der Waals surface area (Å²) in [5, 5.41) is 10.6. The monoisotopic (exact) mass is 530 g/mol. The fourth-order valence-electron chi connectivity index (χ4n) is 5.20. The predicted molar refractivity (Wildman–Crippen MR) is 136 cm³/mol. The van der Waals surface area contributed by atoms with Gasteiger partial charge in [-0.2, -0.15) is 4.98 Å². The molecule has 2 aliphatic rings. The van der Waals surface area contributed by atoms with Gasteiger partial charge in [0.15, 0.2) is 5.75 Å². The highest BCUT2D eigenvalue weighted by atomic mass is 35.5. The standard InChI is InChI=1S/C26H25ClF2N4O4/c1-4-21(35)31-9-14(3)32(10-13(31)2)25-18-8-19(27)22(17-6-5-15(28)7-20(17)29)24-23(18)33(26(36)30-25)16(11-34)12-37-24/h4-8,13-14,16,34H,1,9-12H2,2-3H3/t13-,14+,16+/m1/s1. The lowest BCUT2D eigenvalue weighted by Gasteiger charge is -2.44. The van der Waals surface area contributed by atoms with Gasteiger partial charge in [0, 0.05) is 47.8 Å². The van der Waals surface area contributed by atoms with E-state index in [0.29, 0.717) is 29.8 Å². The number of ether oxygens (including phenoxy) is 1. The molecule has 0 saturated carbocycles. The summed E-state index contributed by atoms with van der Waals surface area (Å²) in [7, 11) is 0. The summed E-state index contributed by atoms with van der Waals surface area (Å²) in [5.41, 5.74) is -0.103. The molecule has 1 aromatic heterocycles. The van der Waals surface area contributed by atoms with E-state index in [0.717, 1.165) is 12.1 Å². The largest absolute Gasteiger partial charge is 0.488 e. The first-order valence-electron chi connectivity index (χ1n) is 11.8. The van der Waals surface area contributed by atoms with Crippen LogP contribution in [-0.4, -0.2) is 63.9 Å². The summed E-state index contributed by atoms with van der Waals surface area (Å²) in [6, 6.07) is 3.59. The molecule has 0 bridgehead atoms. The summed E-state index contributed by atoms with van der Waals surface area (Å²) in [6.45, 7) is 7.70. The molecule has 2 aliphatic heterocycles. The highest BCUT2D eigenvalue weighted by Crippen LogP contribution is 2.47. The first-order chi connectivity index (χ1) is 17.7. The van der Waals surface area contributed by atoms with Crippen LogP contribution in [0, 0.1) is 11.6 Å². The average Bonchev–Trinajstić information content (AvgIpc) is 2.87. The van der Waals surface area contributed by atoms with Crippen LogP contribution in [0.25, 0.3) is 22.0 Å². The van der Waals surface area contributed by atoms with Crippen LogP contribution < -0.4 is 15.3 Å². The maximum absolute atomic E-state index is 14.8. The zero-order chi connectivity index (χ0) is 26.6. The quantitative estimate of drug-likeness (QED) is 0.519. The average molecular weight is 531 g/mol. The molecule has 194 valence electrons. The number of aliphatic hydroxyl groups is 1. The van der Waals surface area contributed by atoms with Crippen LogP contribution >= 0.6 is 11.6 Å². The molecule has 11 heteroatoms. The molecular weight excluding hydrogens is 506 g/mol. The van der Waals surface area contributed by atoms with Crippen LogP contribution in [0.3, 0.4) is 0 Å². The van der Waals surface area contributed by atoms with Gasteiger partial charge < -0.3 is 19.6 Å². The Morgan fingerprint density at radius 2 is 2.03 bits per heavy atom. The van der Waals surface area contributed by atoms with Crippen molar-refractivity contribution in [2.45, 2.75) is 32.0 Å². The van der Waals surface area contributed by atoms with Crippen molar-refractivity contribution in [2.75, 3.05) is 31.2 Å². The van der Waals surface area contributed by atoms with Crippen molar-refractivity contribution in [3.63, 3.8) is 0 Å². The van der Waals surface area contributed by atoms with E-state index in [1.54, 1.807) is 11.0 Å². The second kappa shape index (κ2) is 9.42. The summed E-state index contributed by atoms with van der Waals surface area (Å²) >= 11 is 6.69. The van der Waals surface area contributed by atoms with Crippen molar-refractivity contribution in [1.82, 2.24) is 14.5 Å². The Morgan fingerprint density at radius 1 is 1.27 bits per heavy atom. The number of piperazine rings is 1. The fraction of sp³-hybridized carbons (Fsp3) is 0.346. The van der Waals surface area contributed by atoms with E-state index in [1.165, 1.54) is 16.7 Å². The van der Waals surface area contributed by atoms with E-state index in [-0.39, 0.29) is 53.1 Å². The number of nitrogens with zero attached hydrogens (tertiary/aromatic N) is 4. The third kappa shape index (κ3) is 4.04. The van der Waals surface area contributed by atoms with Crippen molar-refractivity contribution in [3.8, 4) is 16.9 Å². The number of rotatable bonds is 4. The fourth-order valence-corrected chi connectivity index (χ4v) is 5.50. The zero-order valence-corrected chi connectivity index (χ0v) is 21.0. The molecule has 1 N–H and O–H groups in total. The lowest BCUT2D eigenvalue weighted by molar-refractivity contribution is -0.128. The molecule has 3 heterocycles. The normalized spacial score (nSPS) is 21.2. The second-order valence-electron chi connectivity index (χ2n) is 9.36. The van der Waals surface area contributed by atoms with Gasteiger partial charge in [-0.25, -0.2) is 13.6 Å². The van der Waals surface area contributed by atoms with Gasteiger partial charge in [0.05, 0.1) is 23.2 Å². The molecule has 1 fully saturated rings. The predicted octanol–water partition coefficient (Wildman–Crippen LogP) is 3.53. The van der Waals surface area contributed by atoms with Crippen molar-refractivity contribution < 1.29 is 23.4 Å². The summed E-state index contributed by atoms with van der Waals surface area (Å²) < 4.78 is 35.8. The molecule has 3 atom stereocenters. The number of benzene rings is 2. The molecular formula is C26H25ClF2N4O4. The zero-order valence-electron chi connectivity index (χ0n) is 20.2. The molecule has 2 aromatic carbocycles. The molecule has 3 aromatic rings. The first-order valence-corrected chi connectivity index (χ1v) is 12.2. The smallest absolute Gasteiger partial charge is 0.350 e. The Kier molecular flexibility index (Phi) is 6.41. The number of hydrogen-bond acceptors (Lipinski definition) is 6. The highest BCUT2D eigenvalue weighted by Gasteiger charge is 2.36. The molecule has 37 heavy (non-hydrogen) atoms. The number of hydrogen-bond donors (Lipinski definition) is 1. The Balaban J connectivity index is 1.76. The molecule has 0 spiro atoms. The maximum atomic E-state index is 14.8. The minimum Gasteiger partial charge on any atom is -0.488 e. The molecule has 0 radical (unpaired) electrons. The molecule has 1 saturated heterocycles. The van der Waals surface area contributed by atoms with Crippen LogP contribution in [0.4, 0.5) is 14.6 Å². The van der Waals surface area contributed by atoms with Crippen LogP contribution in [-0.2, 0) is 4.79 Å². The van der Waals surface area contributed by atoms with Crippen LogP contribution in [0.1, 0.15) is 19.9 Å². The highest BCUT2D eigenvalue weighted by molar-refractivity contribution is 6.35. The number of carbonyl (C=O) groups excluding carboxylic acids is 1. The van der Waals surface area contributed by atoms with Crippen molar-refractivity contribution in [2.24, 2.45) is 0 Å². The van der Waals surface area contributed by atoms with E-state index in [4.69, 9.17) is 16.3 Å². The van der Waals surface area contributed by atoms with Gasteiger partial charge >= 0.3 is 5.69 Å². The molecule has 1 amide bonds. The van der Waals surface area contributed by atoms with E-state index in [2.05, 4.69) is 11.6 Å². The SMILES string of the molecule is C=CC(=O)N1C[C@H](C)N(c2nc(=O)n3c4c(c(-c5ccc(F)cc5F)c(Cl)cc24)OC[C@@H]3CO)C[C@H]1C. The number of amides is 1. The molecule has 0 unspecified atom stereocenters. The van der Waals surface area contributed by atoms with Crippen molar-refractivity contribution >= 4 is 34.2 Å². The minimum atomic E-state index is -0.834. The van der Waals surface area contributed by atoms with Crippen LogP contribution in [0.5, 0.6) is 5.75 Å². The van der Waals surface area contributed by atoms with Gasteiger partial charge in [-0.05, 0) is 38.1 Å². The molecule has 5 rings (SSSR count). The number of halogens is 3. The summed E-state index contributed by atoms with van der Waals surface area (Å²) in [5.74, 6) is -1.26. The van der Waals surface area contributed by atoms with Gasteiger partial charge in [-0.3, -0.25) is 9.36 Å². The van der Waals surface area contributed by atoms with E-state index < -0.39 is 23.4 Å². The van der Waals surface area contributed by atoms with E-state index in [1.807, 2.05) is 18.7 Å². The topological polar surface area (TPSA) is 87.9 Å². The first kappa shape index (κ1) is 25.2. The summed E-state index contributed by atoms with van der Waals surface area (Å²) in [4.78, 5) is 33.7. The van der Waals surface area contributed by atoms with Crippen LogP contribution in [0.2, 0.25) is 5.02 Å². The second-order valence-corrected chi connectivity index (χ2v) is 9.77. The number of anilines is 1. The Morgan fingerprint density at radius 3 is 2.70 bits per heavy atom. The van der Waals surface area contributed by atoms with Gasteiger partial charge in [0.1, 0.15) is 24.1 Å². The van der Waals surface area contributed by atoms with Gasteiger partial charge in [-0.1, -0.05) is 18.2 Å². The Hall–Kier alpha value is -3.50. The lowest BCUT2D eigenvalue weighted by Crippen LogP contribution is -2.58. The lowest BCUT2D eigenvalue weighted by atomic mass is 9.99. The third-order valence-corrected chi connectivity index (χ3v) is 7.31. The minimum absolute atomic E-state index is 0.0154. The number of aliphatic hydroxyl groups excluding tert-OH is 1. The molecule has 0 aliphatic carbocycles. The van der Waals surface area contributed by atoms with Crippen molar-refractivity contribution in [3.05, 3.63) is 64.1 Å². The Labute approximate surface area is 216 Å². The maximum Gasteiger partial charge on any atom is 0.350 e. The number of carbonyl (C=O) groups is 1.